The molecule has 0 radical (unpaired) electrons. The van der Waals surface area contributed by atoms with Crippen molar-refractivity contribution in [3.63, 3.8) is 0 Å². The number of hydrogen-bond donors (Lipinski definition) is 4. The van der Waals surface area contributed by atoms with E-state index in [1.165, 1.54) is 6.92 Å². The number of rotatable bonds is 5. The largest absolute Gasteiger partial charge is 0.478 e. The highest BCUT2D eigenvalue weighted by molar-refractivity contribution is 7.76. The molecule has 6 heteroatoms. The van der Waals surface area contributed by atoms with Crippen LogP contribution in [0.3, 0.4) is 0 Å². The molecule has 1 unspecified atom stereocenters. The van der Waals surface area contributed by atoms with Gasteiger partial charge in [-0.25, -0.2) is 4.79 Å². The molecule has 5 nitrogen and oxygen atoms in total. The van der Waals surface area contributed by atoms with Crippen LogP contribution < -0.4 is 0 Å². The van der Waals surface area contributed by atoms with E-state index in [2.05, 4.69) is 0 Å². The Morgan fingerprint density at radius 1 is 1.25 bits per heavy atom. The topological polar surface area (TPSA) is 98.0 Å². The molecule has 0 saturated heterocycles. The smallest absolute Gasteiger partial charge is 0.344 e. The van der Waals surface area contributed by atoms with Crippen LogP contribution in [0.4, 0.5) is 0 Å². The average molecular weight is 197 g/mol. The zero-order valence-corrected chi connectivity index (χ0v) is 7.74. The molecule has 0 aliphatic rings. The van der Waals surface area contributed by atoms with Gasteiger partial charge in [0.25, 0.3) is 0 Å². The Morgan fingerprint density at radius 3 is 1.67 bits per heavy atom. The number of carboxylic acid groups (broad SMARTS) is 1. The fourth-order valence-corrected chi connectivity index (χ4v) is 2.21. The molecule has 0 saturated carbocycles. The number of aliphatic carboxylic acids is 1. The SMILES string of the molecule is CC(C(=O)O)[P+](CO)(CO)CO. The first-order valence-electron chi connectivity index (χ1n) is 3.45. The lowest BCUT2D eigenvalue weighted by atomic mass is 10.5. The Labute approximate surface area is 71.0 Å². The molecular weight excluding hydrogens is 183 g/mol. The van der Waals surface area contributed by atoms with E-state index in [0.29, 0.717) is 0 Å². The monoisotopic (exact) mass is 197 g/mol. The zero-order chi connectivity index (χ0) is 9.78. The number of hydrogen-bond acceptors (Lipinski definition) is 4. The maximum absolute atomic E-state index is 10.5. The number of aliphatic hydroxyl groups is 3. The fraction of sp³-hybridized carbons (Fsp3) is 0.833. The Kier molecular flexibility index (Phi) is 4.63. The molecule has 0 spiro atoms. The van der Waals surface area contributed by atoms with Crippen LogP contribution in [-0.4, -0.2) is 51.1 Å². The fourth-order valence-electron chi connectivity index (χ4n) is 0.736. The summed E-state index contributed by atoms with van der Waals surface area (Å²) in [6.07, 6.45) is -1.31. The molecule has 12 heavy (non-hydrogen) atoms. The maximum Gasteiger partial charge on any atom is 0.344 e. The molecule has 0 heterocycles. The van der Waals surface area contributed by atoms with Gasteiger partial charge in [-0.15, -0.1) is 0 Å². The van der Waals surface area contributed by atoms with Crippen molar-refractivity contribution in [2.45, 2.75) is 12.6 Å². The highest BCUT2D eigenvalue weighted by Gasteiger charge is 2.46. The summed E-state index contributed by atoms with van der Waals surface area (Å²) in [6.45, 7) is 1.39. The van der Waals surface area contributed by atoms with Crippen LogP contribution in [0, 0.1) is 0 Å². The van der Waals surface area contributed by atoms with Crippen LogP contribution in [0.2, 0.25) is 0 Å². The highest BCUT2D eigenvalue weighted by Crippen LogP contribution is 2.60. The van der Waals surface area contributed by atoms with Crippen molar-refractivity contribution in [1.82, 2.24) is 0 Å². The van der Waals surface area contributed by atoms with Crippen LogP contribution in [0.1, 0.15) is 6.92 Å². The first-order chi connectivity index (χ1) is 5.54. The van der Waals surface area contributed by atoms with Crippen molar-refractivity contribution in [2.75, 3.05) is 19.0 Å². The summed E-state index contributed by atoms with van der Waals surface area (Å²) in [7, 11) is -2.52. The van der Waals surface area contributed by atoms with E-state index in [4.69, 9.17) is 20.4 Å². The minimum absolute atomic E-state index is 0.437. The molecule has 0 rings (SSSR count). The van der Waals surface area contributed by atoms with Crippen LogP contribution >= 0.6 is 7.26 Å². The molecule has 0 aromatic rings. The van der Waals surface area contributed by atoms with Crippen molar-refractivity contribution in [2.24, 2.45) is 0 Å². The number of aliphatic hydroxyl groups excluding tert-OH is 3. The summed E-state index contributed by atoms with van der Waals surface area (Å²) in [6, 6.07) is 0. The molecule has 0 aromatic heterocycles. The Balaban J connectivity index is 4.58. The van der Waals surface area contributed by atoms with Gasteiger partial charge in [0.1, 0.15) is 7.26 Å². The zero-order valence-electron chi connectivity index (χ0n) is 6.84. The summed E-state index contributed by atoms with van der Waals surface area (Å²) in [5.74, 6) is -1.10. The van der Waals surface area contributed by atoms with E-state index in [1.807, 2.05) is 0 Å². The van der Waals surface area contributed by atoms with Gasteiger partial charge in [-0.05, 0) is 6.92 Å². The van der Waals surface area contributed by atoms with Crippen molar-refractivity contribution < 1.29 is 25.2 Å². The highest BCUT2D eigenvalue weighted by atomic mass is 31.2. The summed E-state index contributed by atoms with van der Waals surface area (Å²) in [5, 5.41) is 35.2. The first kappa shape index (κ1) is 11.8. The van der Waals surface area contributed by atoms with Gasteiger partial charge in [0.2, 0.25) is 0 Å². The number of carbonyl (C=O) groups is 1. The Bertz CT molecular complexity index is 148. The Morgan fingerprint density at radius 2 is 1.58 bits per heavy atom. The third-order valence-corrected chi connectivity index (χ3v) is 5.58. The summed E-state index contributed by atoms with van der Waals surface area (Å²) in [4.78, 5) is 10.5. The minimum atomic E-state index is -2.52. The summed E-state index contributed by atoms with van der Waals surface area (Å²) < 4.78 is 0. The molecule has 0 fully saturated rings. The van der Waals surface area contributed by atoms with Crippen molar-refractivity contribution in [3.05, 3.63) is 0 Å². The average Bonchev–Trinajstić information content (AvgIpc) is 2.08. The molecule has 72 valence electrons. The van der Waals surface area contributed by atoms with Crippen LogP contribution in [0.5, 0.6) is 0 Å². The van der Waals surface area contributed by atoms with Gasteiger partial charge in [-0.1, -0.05) is 0 Å². The molecule has 0 amide bonds. The second-order valence-electron chi connectivity index (χ2n) is 2.66. The van der Waals surface area contributed by atoms with Crippen molar-refractivity contribution >= 4 is 13.2 Å². The van der Waals surface area contributed by atoms with Gasteiger partial charge in [0.15, 0.2) is 24.7 Å². The van der Waals surface area contributed by atoms with E-state index >= 15 is 0 Å². The van der Waals surface area contributed by atoms with Gasteiger partial charge in [-0.2, -0.15) is 0 Å². The van der Waals surface area contributed by atoms with Crippen LogP contribution in [0.15, 0.2) is 0 Å². The van der Waals surface area contributed by atoms with Gasteiger partial charge >= 0.3 is 5.97 Å². The quantitative estimate of drug-likeness (QED) is 0.438. The molecule has 0 bridgehead atoms. The van der Waals surface area contributed by atoms with E-state index in [9.17, 15) is 4.79 Å². The van der Waals surface area contributed by atoms with E-state index in [-0.39, 0.29) is 0 Å². The van der Waals surface area contributed by atoms with E-state index in [1.54, 1.807) is 0 Å². The molecular formula is C6H14O5P+. The summed E-state index contributed by atoms with van der Waals surface area (Å²) >= 11 is 0. The van der Waals surface area contributed by atoms with Crippen molar-refractivity contribution in [3.8, 4) is 0 Å². The number of carboxylic acids is 1. The molecule has 0 aromatic carbocycles. The standard InChI is InChI=1S/C6H13O5P/c1-5(6(10)11)12(2-7,3-8)4-9/h5,7-9H,2-4H2,1H3/p+1. The summed E-state index contributed by atoms with van der Waals surface area (Å²) in [5.41, 5.74) is -0.863. The molecule has 0 aliphatic heterocycles. The Hall–Kier alpha value is -0.220. The lowest BCUT2D eigenvalue weighted by Crippen LogP contribution is -2.26. The lowest BCUT2D eigenvalue weighted by molar-refractivity contribution is -0.136. The minimum Gasteiger partial charge on any atom is -0.478 e. The van der Waals surface area contributed by atoms with Crippen LogP contribution in [0.25, 0.3) is 0 Å². The third-order valence-electron chi connectivity index (χ3n) is 2.02. The van der Waals surface area contributed by atoms with Crippen molar-refractivity contribution in [1.29, 1.82) is 0 Å². The molecule has 1 atom stereocenters. The van der Waals surface area contributed by atoms with E-state index in [0.717, 1.165) is 0 Å². The van der Waals surface area contributed by atoms with Gasteiger partial charge in [0.05, 0.1) is 0 Å². The molecule has 4 N–H and O–H groups in total. The second-order valence-corrected chi connectivity index (χ2v) is 6.72. The normalized spacial score (nSPS) is 14.3. The second kappa shape index (κ2) is 4.72. The van der Waals surface area contributed by atoms with Crippen LogP contribution in [-0.2, 0) is 4.79 Å². The predicted octanol–water partition coefficient (Wildman–Crippen LogP) is -0.674. The first-order valence-corrected chi connectivity index (χ1v) is 5.86. The van der Waals surface area contributed by atoms with Gasteiger partial charge in [-0.3, -0.25) is 0 Å². The maximum atomic E-state index is 10.5. The van der Waals surface area contributed by atoms with Gasteiger partial charge < -0.3 is 20.4 Å². The third kappa shape index (κ3) is 2.14. The van der Waals surface area contributed by atoms with Gasteiger partial charge in [0, 0.05) is 0 Å². The lowest BCUT2D eigenvalue weighted by Gasteiger charge is -2.23. The molecule has 0 aliphatic carbocycles. The predicted molar refractivity (Wildman–Crippen MR) is 45.3 cm³/mol. The van der Waals surface area contributed by atoms with E-state index < -0.39 is 37.9 Å².